The first kappa shape index (κ1) is 17.8. The molecule has 6 nitrogen and oxygen atoms in total. The fourth-order valence-corrected chi connectivity index (χ4v) is 2.81. The van der Waals surface area contributed by atoms with Crippen LogP contribution in [0.2, 0.25) is 0 Å². The van der Waals surface area contributed by atoms with E-state index in [4.69, 9.17) is 9.47 Å². The van der Waals surface area contributed by atoms with Crippen molar-refractivity contribution < 1.29 is 14.3 Å². The first-order valence-electron chi connectivity index (χ1n) is 8.75. The number of fused-ring (bicyclic) bond motifs is 1. The number of anilines is 1. The van der Waals surface area contributed by atoms with Crippen LogP contribution in [0.1, 0.15) is 25.0 Å². The lowest BCUT2D eigenvalue weighted by atomic mass is 10.1. The molecule has 1 aliphatic rings. The first-order valence-corrected chi connectivity index (χ1v) is 8.75. The van der Waals surface area contributed by atoms with Crippen LogP contribution in [0.15, 0.2) is 47.6 Å². The van der Waals surface area contributed by atoms with Crippen molar-refractivity contribution in [2.24, 2.45) is 5.10 Å². The Kier molecular flexibility index (Phi) is 5.73. The Hall–Kier alpha value is -3.02. The fourth-order valence-electron chi connectivity index (χ4n) is 2.81. The largest absolute Gasteiger partial charge is 0.454 e. The van der Waals surface area contributed by atoms with Gasteiger partial charge >= 0.3 is 0 Å². The second kappa shape index (κ2) is 8.38. The average molecular weight is 353 g/mol. The van der Waals surface area contributed by atoms with Crippen LogP contribution in [-0.4, -0.2) is 32.0 Å². The van der Waals surface area contributed by atoms with Gasteiger partial charge in [-0.1, -0.05) is 18.2 Å². The van der Waals surface area contributed by atoms with Gasteiger partial charge in [0, 0.05) is 18.8 Å². The first-order chi connectivity index (χ1) is 12.7. The Morgan fingerprint density at radius 3 is 2.58 bits per heavy atom. The number of benzene rings is 2. The van der Waals surface area contributed by atoms with Crippen LogP contribution in [-0.2, 0) is 11.2 Å². The molecule has 1 amide bonds. The van der Waals surface area contributed by atoms with Gasteiger partial charge in [-0.15, -0.1) is 0 Å². The van der Waals surface area contributed by atoms with Crippen LogP contribution in [0.4, 0.5) is 5.69 Å². The molecule has 0 atom stereocenters. The van der Waals surface area contributed by atoms with Crippen LogP contribution in [0.3, 0.4) is 0 Å². The van der Waals surface area contributed by atoms with E-state index in [9.17, 15) is 4.79 Å². The number of hydrogen-bond donors (Lipinski definition) is 1. The summed E-state index contributed by atoms with van der Waals surface area (Å²) in [5, 5.41) is 4.03. The Bertz CT molecular complexity index is 783. The number of rotatable bonds is 7. The summed E-state index contributed by atoms with van der Waals surface area (Å²) in [6.45, 7) is 6.44. The fraction of sp³-hybridized carbons (Fsp3) is 0.300. The molecule has 0 spiro atoms. The number of carbonyl (C=O) groups is 1. The summed E-state index contributed by atoms with van der Waals surface area (Å²) in [6.07, 6.45) is 1.87. The third-order valence-electron chi connectivity index (χ3n) is 4.23. The normalized spacial score (nSPS) is 12.4. The zero-order chi connectivity index (χ0) is 18.4. The molecule has 1 aliphatic heterocycles. The summed E-state index contributed by atoms with van der Waals surface area (Å²) in [4.78, 5) is 14.3. The van der Waals surface area contributed by atoms with Crippen LogP contribution in [0.25, 0.3) is 0 Å². The lowest BCUT2D eigenvalue weighted by molar-refractivity contribution is -0.120. The number of nitrogens with zero attached hydrogens (tertiary/aromatic N) is 2. The van der Waals surface area contributed by atoms with Gasteiger partial charge in [-0.3, -0.25) is 4.79 Å². The number of amides is 1. The van der Waals surface area contributed by atoms with E-state index < -0.39 is 0 Å². The van der Waals surface area contributed by atoms with Crippen molar-refractivity contribution >= 4 is 17.8 Å². The van der Waals surface area contributed by atoms with Gasteiger partial charge in [0.05, 0.1) is 12.6 Å². The molecule has 3 rings (SSSR count). The number of nitrogens with one attached hydrogen (secondary N) is 1. The zero-order valence-electron chi connectivity index (χ0n) is 15.1. The molecular formula is C20H23N3O3. The van der Waals surface area contributed by atoms with E-state index in [1.165, 1.54) is 5.69 Å². The smallest absolute Gasteiger partial charge is 0.244 e. The van der Waals surface area contributed by atoms with Crippen LogP contribution in [0.5, 0.6) is 11.5 Å². The summed E-state index contributed by atoms with van der Waals surface area (Å²) in [7, 11) is 0. The molecule has 6 heteroatoms. The summed E-state index contributed by atoms with van der Waals surface area (Å²) in [6, 6.07) is 13.6. The predicted molar refractivity (Wildman–Crippen MR) is 102 cm³/mol. The van der Waals surface area contributed by atoms with E-state index in [-0.39, 0.29) is 19.1 Å². The van der Waals surface area contributed by atoms with Crippen LogP contribution < -0.4 is 19.8 Å². The summed E-state index contributed by atoms with van der Waals surface area (Å²) in [5.74, 6) is 1.20. The molecule has 2 aromatic carbocycles. The topological polar surface area (TPSA) is 63.2 Å². The van der Waals surface area contributed by atoms with Gasteiger partial charge in [0.15, 0.2) is 11.5 Å². The molecular weight excluding hydrogens is 330 g/mol. The highest BCUT2D eigenvalue weighted by Crippen LogP contribution is 2.32. The van der Waals surface area contributed by atoms with Crippen molar-refractivity contribution in [1.29, 1.82) is 0 Å². The van der Waals surface area contributed by atoms with E-state index in [1.54, 1.807) is 6.21 Å². The Labute approximate surface area is 153 Å². The molecule has 1 heterocycles. The minimum Gasteiger partial charge on any atom is -0.454 e. The Morgan fingerprint density at radius 2 is 1.85 bits per heavy atom. The molecule has 0 aliphatic carbocycles. The number of hydrazone groups is 1. The maximum absolute atomic E-state index is 12.0. The quantitative estimate of drug-likeness (QED) is 0.614. The van der Waals surface area contributed by atoms with Gasteiger partial charge in [0.25, 0.3) is 0 Å². The van der Waals surface area contributed by atoms with E-state index in [2.05, 4.69) is 41.4 Å². The molecule has 26 heavy (non-hydrogen) atoms. The van der Waals surface area contributed by atoms with Crippen molar-refractivity contribution in [3.8, 4) is 11.5 Å². The highest BCUT2D eigenvalue weighted by atomic mass is 16.7. The summed E-state index contributed by atoms with van der Waals surface area (Å²) < 4.78 is 10.6. The molecule has 0 radical (unpaired) electrons. The number of carbonyl (C=O) groups excluding carboxylic acids is 1. The van der Waals surface area contributed by atoms with Crippen molar-refractivity contribution in [1.82, 2.24) is 5.43 Å². The molecule has 0 bridgehead atoms. The highest BCUT2D eigenvalue weighted by molar-refractivity contribution is 5.83. The van der Waals surface area contributed by atoms with Gasteiger partial charge in [-0.05, 0) is 49.2 Å². The number of hydrogen-bond acceptors (Lipinski definition) is 5. The maximum atomic E-state index is 12.0. The van der Waals surface area contributed by atoms with Gasteiger partial charge in [-0.25, -0.2) is 5.43 Å². The van der Waals surface area contributed by atoms with Gasteiger partial charge in [-0.2, -0.15) is 5.10 Å². The second-order valence-electron chi connectivity index (χ2n) is 5.92. The van der Waals surface area contributed by atoms with Gasteiger partial charge in [0.2, 0.25) is 12.7 Å². The molecule has 136 valence electrons. The predicted octanol–water partition coefficient (Wildman–Crippen LogP) is 2.95. The average Bonchev–Trinajstić information content (AvgIpc) is 3.12. The lowest BCUT2D eigenvalue weighted by Crippen LogP contribution is -2.21. The van der Waals surface area contributed by atoms with E-state index in [1.807, 2.05) is 30.3 Å². The summed E-state index contributed by atoms with van der Waals surface area (Å²) in [5.41, 5.74) is 5.52. The second-order valence-corrected chi connectivity index (χ2v) is 5.92. The molecule has 0 saturated heterocycles. The standard InChI is InChI=1S/C20H23N3O3/c1-3-23(4-2)17-8-5-15(6-9-17)13-21-22-20(24)12-16-7-10-18-19(11-16)26-14-25-18/h5-11,13H,3-4,12,14H2,1-2H3,(H,22,24)/b21-13-. The summed E-state index contributed by atoms with van der Waals surface area (Å²) >= 11 is 0. The van der Waals surface area contributed by atoms with Crippen molar-refractivity contribution in [2.75, 3.05) is 24.8 Å². The molecule has 0 aromatic heterocycles. The van der Waals surface area contributed by atoms with E-state index in [0.29, 0.717) is 11.5 Å². The van der Waals surface area contributed by atoms with Crippen LogP contribution in [0, 0.1) is 0 Å². The third-order valence-corrected chi connectivity index (χ3v) is 4.23. The van der Waals surface area contributed by atoms with E-state index >= 15 is 0 Å². The SMILES string of the molecule is CCN(CC)c1ccc(/C=N\NC(=O)Cc2ccc3c(c2)OCO3)cc1. The molecule has 0 saturated carbocycles. The zero-order valence-corrected chi connectivity index (χ0v) is 15.1. The monoisotopic (exact) mass is 353 g/mol. The molecule has 2 aromatic rings. The van der Waals surface area contributed by atoms with Gasteiger partial charge in [0.1, 0.15) is 0 Å². The van der Waals surface area contributed by atoms with Crippen molar-refractivity contribution in [2.45, 2.75) is 20.3 Å². The molecule has 0 fully saturated rings. The Morgan fingerprint density at radius 1 is 1.12 bits per heavy atom. The Balaban J connectivity index is 1.52. The maximum Gasteiger partial charge on any atom is 0.244 e. The highest BCUT2D eigenvalue weighted by Gasteiger charge is 2.14. The molecule has 1 N–H and O–H groups in total. The lowest BCUT2D eigenvalue weighted by Gasteiger charge is -2.20. The van der Waals surface area contributed by atoms with Crippen molar-refractivity contribution in [3.63, 3.8) is 0 Å². The van der Waals surface area contributed by atoms with Crippen molar-refractivity contribution in [3.05, 3.63) is 53.6 Å². The third kappa shape index (κ3) is 4.33. The minimum atomic E-state index is -0.181. The van der Waals surface area contributed by atoms with Crippen LogP contribution >= 0.6 is 0 Å². The minimum absolute atomic E-state index is 0.181. The van der Waals surface area contributed by atoms with Gasteiger partial charge < -0.3 is 14.4 Å². The number of ether oxygens (including phenoxy) is 2. The van der Waals surface area contributed by atoms with E-state index in [0.717, 1.165) is 24.2 Å². The molecule has 0 unspecified atom stereocenters.